The standard InChI is InChI=1S/C4H9NO.2Na.2H/c1-3-5-4(2)6;;;;/h3H2,1-2H3,(H,5,6);;;;. The van der Waals surface area contributed by atoms with Crippen molar-refractivity contribution in [3.05, 3.63) is 0 Å². The van der Waals surface area contributed by atoms with Crippen LogP contribution in [0.3, 0.4) is 0 Å². The van der Waals surface area contributed by atoms with Gasteiger partial charge in [-0.3, -0.25) is 4.79 Å². The van der Waals surface area contributed by atoms with Gasteiger partial charge in [-0.15, -0.1) is 0 Å². The van der Waals surface area contributed by atoms with Gasteiger partial charge in [0.1, 0.15) is 0 Å². The normalized spacial score (nSPS) is 5.75. The van der Waals surface area contributed by atoms with E-state index in [1.54, 1.807) is 0 Å². The number of rotatable bonds is 1. The quantitative estimate of drug-likeness (QED) is 0.452. The average molecular weight is 135 g/mol. The Morgan fingerprint density at radius 1 is 1.50 bits per heavy atom. The van der Waals surface area contributed by atoms with E-state index in [2.05, 4.69) is 5.32 Å². The fourth-order valence-electron chi connectivity index (χ4n) is 0.249. The summed E-state index contributed by atoms with van der Waals surface area (Å²) in [6.07, 6.45) is 0. The molecule has 0 unspecified atom stereocenters. The Labute approximate surface area is 94.4 Å². The van der Waals surface area contributed by atoms with Gasteiger partial charge in [0, 0.05) is 13.5 Å². The summed E-state index contributed by atoms with van der Waals surface area (Å²) in [4.78, 5) is 9.93. The third-order valence-corrected chi connectivity index (χ3v) is 0.426. The second kappa shape index (κ2) is 11.3. The van der Waals surface area contributed by atoms with Crippen LogP contribution in [0.2, 0.25) is 0 Å². The van der Waals surface area contributed by atoms with Gasteiger partial charge in [0.15, 0.2) is 0 Å². The third-order valence-electron chi connectivity index (χ3n) is 0.426. The molecule has 0 saturated carbocycles. The number of hydrogen-bond acceptors (Lipinski definition) is 1. The molecule has 0 aliphatic heterocycles. The van der Waals surface area contributed by atoms with Gasteiger partial charge < -0.3 is 5.32 Å². The molecule has 8 heavy (non-hydrogen) atoms. The molecule has 0 spiro atoms. The van der Waals surface area contributed by atoms with Gasteiger partial charge in [0.25, 0.3) is 0 Å². The molecule has 1 amide bonds. The zero-order valence-corrected chi connectivity index (χ0v) is 4.12. The van der Waals surface area contributed by atoms with Crippen molar-refractivity contribution < 1.29 is 4.79 Å². The monoisotopic (exact) mass is 135 g/mol. The van der Waals surface area contributed by atoms with Gasteiger partial charge in [-0.25, -0.2) is 0 Å². The SMILES string of the molecule is CCNC(C)=O.[NaH].[NaH]. The fraction of sp³-hybridized carbons (Fsp3) is 0.750. The van der Waals surface area contributed by atoms with E-state index in [1.807, 2.05) is 6.92 Å². The molecular weight excluding hydrogens is 124 g/mol. The molecule has 0 heterocycles. The van der Waals surface area contributed by atoms with E-state index in [0.717, 1.165) is 6.54 Å². The van der Waals surface area contributed by atoms with Crippen molar-refractivity contribution in [1.82, 2.24) is 5.32 Å². The second-order valence-corrected chi connectivity index (χ2v) is 1.09. The summed E-state index contributed by atoms with van der Waals surface area (Å²) in [6, 6.07) is 0. The maximum absolute atomic E-state index is 9.93. The zero-order valence-electron chi connectivity index (χ0n) is 4.12. The number of carbonyl (C=O) groups is 1. The molecule has 2 nitrogen and oxygen atoms in total. The molecule has 0 bridgehead atoms. The Bertz CT molecular complexity index is 58.0. The molecule has 0 aliphatic rings. The van der Waals surface area contributed by atoms with Crippen LogP contribution in [0.25, 0.3) is 0 Å². The van der Waals surface area contributed by atoms with Crippen molar-refractivity contribution in [1.29, 1.82) is 0 Å². The predicted octanol–water partition coefficient (Wildman–Crippen LogP) is -1.15. The van der Waals surface area contributed by atoms with Gasteiger partial charge in [0.2, 0.25) is 5.91 Å². The number of carbonyl (C=O) groups excluding carboxylic acids is 1. The molecule has 40 valence electrons. The van der Waals surface area contributed by atoms with Crippen molar-refractivity contribution in [3.8, 4) is 0 Å². The Balaban J connectivity index is -0.000000125. The molecule has 4 heteroatoms. The molecule has 0 fully saturated rings. The summed E-state index contributed by atoms with van der Waals surface area (Å²) in [6.45, 7) is 4.13. The maximum atomic E-state index is 9.93. The third kappa shape index (κ3) is 15.6. The van der Waals surface area contributed by atoms with E-state index in [1.165, 1.54) is 6.92 Å². The number of nitrogens with one attached hydrogen (secondary N) is 1. The second-order valence-electron chi connectivity index (χ2n) is 1.09. The van der Waals surface area contributed by atoms with E-state index in [9.17, 15) is 4.79 Å². The van der Waals surface area contributed by atoms with Crippen LogP contribution in [0, 0.1) is 0 Å². The van der Waals surface area contributed by atoms with Crippen LogP contribution in [-0.4, -0.2) is 71.6 Å². The van der Waals surface area contributed by atoms with E-state index < -0.39 is 0 Å². The van der Waals surface area contributed by atoms with Crippen molar-refractivity contribution >= 4 is 65.0 Å². The number of amides is 1. The Kier molecular flexibility index (Phi) is 22.9. The molecule has 0 saturated heterocycles. The van der Waals surface area contributed by atoms with Gasteiger partial charge >= 0.3 is 59.1 Å². The van der Waals surface area contributed by atoms with E-state index in [0.29, 0.717) is 0 Å². The topological polar surface area (TPSA) is 29.1 Å². The first-order chi connectivity index (χ1) is 2.77. The van der Waals surface area contributed by atoms with Crippen LogP contribution in [0.5, 0.6) is 0 Å². The average Bonchev–Trinajstić information content (AvgIpc) is 1.35. The first-order valence-corrected chi connectivity index (χ1v) is 2.01. The van der Waals surface area contributed by atoms with Gasteiger partial charge in [-0.05, 0) is 6.92 Å². The van der Waals surface area contributed by atoms with E-state index in [4.69, 9.17) is 0 Å². The van der Waals surface area contributed by atoms with Gasteiger partial charge in [-0.1, -0.05) is 0 Å². The molecule has 0 aliphatic carbocycles. The Hall–Kier alpha value is 1.47. The minimum atomic E-state index is 0. The summed E-state index contributed by atoms with van der Waals surface area (Å²) in [7, 11) is 0. The minimum absolute atomic E-state index is 0. The summed E-state index contributed by atoms with van der Waals surface area (Å²) >= 11 is 0. The summed E-state index contributed by atoms with van der Waals surface area (Å²) < 4.78 is 0. The van der Waals surface area contributed by atoms with Crippen LogP contribution in [-0.2, 0) is 4.79 Å². The summed E-state index contributed by atoms with van der Waals surface area (Å²) in [5, 5.41) is 2.57. The van der Waals surface area contributed by atoms with Crippen LogP contribution < -0.4 is 5.32 Å². The van der Waals surface area contributed by atoms with E-state index in [-0.39, 0.29) is 65.0 Å². The molecule has 1 N–H and O–H groups in total. The van der Waals surface area contributed by atoms with Crippen molar-refractivity contribution in [3.63, 3.8) is 0 Å². The van der Waals surface area contributed by atoms with E-state index >= 15 is 0 Å². The molecule has 0 aromatic carbocycles. The number of hydrogen-bond donors (Lipinski definition) is 1. The van der Waals surface area contributed by atoms with Crippen molar-refractivity contribution in [2.24, 2.45) is 0 Å². The van der Waals surface area contributed by atoms with Crippen molar-refractivity contribution in [2.75, 3.05) is 6.54 Å². The van der Waals surface area contributed by atoms with Crippen LogP contribution >= 0.6 is 0 Å². The molecular formula is C4H11NNa2O. The molecule has 0 radical (unpaired) electrons. The summed E-state index contributed by atoms with van der Waals surface area (Å²) in [5.41, 5.74) is 0. The Morgan fingerprint density at radius 3 is 1.88 bits per heavy atom. The van der Waals surface area contributed by atoms with Crippen LogP contribution in [0.1, 0.15) is 13.8 Å². The predicted molar refractivity (Wildman–Crippen MR) is 38.7 cm³/mol. The van der Waals surface area contributed by atoms with Crippen LogP contribution in [0.15, 0.2) is 0 Å². The molecule has 0 rings (SSSR count). The molecule has 0 aromatic heterocycles. The van der Waals surface area contributed by atoms with Gasteiger partial charge in [-0.2, -0.15) is 0 Å². The first kappa shape index (κ1) is 16.2. The molecule has 0 aromatic rings. The zero-order chi connectivity index (χ0) is 4.99. The van der Waals surface area contributed by atoms with Gasteiger partial charge in [0.05, 0.1) is 0 Å². The summed E-state index contributed by atoms with van der Waals surface area (Å²) in [5.74, 6) is 0.0394. The van der Waals surface area contributed by atoms with Crippen molar-refractivity contribution in [2.45, 2.75) is 13.8 Å². The Morgan fingerprint density at radius 2 is 1.88 bits per heavy atom. The first-order valence-electron chi connectivity index (χ1n) is 2.01. The fourth-order valence-corrected chi connectivity index (χ4v) is 0.249. The molecule has 0 atom stereocenters. The van der Waals surface area contributed by atoms with Crippen LogP contribution in [0.4, 0.5) is 0 Å².